The van der Waals surface area contributed by atoms with Crippen LogP contribution in [-0.2, 0) is 16.0 Å². The van der Waals surface area contributed by atoms with E-state index in [2.05, 4.69) is 15.1 Å². The van der Waals surface area contributed by atoms with Crippen LogP contribution in [0, 0.1) is 0 Å². The zero-order valence-corrected chi connectivity index (χ0v) is 15.8. The second-order valence-electron chi connectivity index (χ2n) is 6.68. The highest BCUT2D eigenvalue weighted by Gasteiger charge is 2.21. The van der Waals surface area contributed by atoms with Crippen LogP contribution in [0.5, 0.6) is 0 Å². The molecule has 0 saturated carbocycles. The molecule has 1 fully saturated rings. The van der Waals surface area contributed by atoms with Gasteiger partial charge in [-0.15, -0.1) is 11.3 Å². The number of fused-ring (bicyclic) bond motifs is 2. The fourth-order valence-corrected chi connectivity index (χ4v) is 4.62. The topological polar surface area (TPSA) is 110 Å². The lowest BCUT2D eigenvalue weighted by Gasteiger charge is -2.28. The van der Waals surface area contributed by atoms with Crippen molar-refractivity contribution in [2.45, 2.75) is 6.42 Å². The second kappa shape index (κ2) is 6.84. The fraction of sp³-hybridized carbons (Fsp3) is 0.263. The van der Waals surface area contributed by atoms with Crippen LogP contribution in [0.3, 0.4) is 0 Å². The summed E-state index contributed by atoms with van der Waals surface area (Å²) in [4.78, 5) is 24.2. The smallest absolute Gasteiger partial charge is 0.222 e. The van der Waals surface area contributed by atoms with Gasteiger partial charge in [0.1, 0.15) is 0 Å². The number of anilines is 1. The molecule has 4 heterocycles. The first-order valence-electron chi connectivity index (χ1n) is 9.03. The molecule has 0 spiro atoms. The predicted molar refractivity (Wildman–Crippen MR) is 108 cm³/mol. The van der Waals surface area contributed by atoms with E-state index in [-0.39, 0.29) is 12.3 Å². The summed E-state index contributed by atoms with van der Waals surface area (Å²) in [6, 6.07) is 7.88. The van der Waals surface area contributed by atoms with Crippen LogP contribution in [0.4, 0.5) is 5.82 Å². The van der Waals surface area contributed by atoms with Crippen molar-refractivity contribution in [2.24, 2.45) is 5.73 Å². The number of amides is 1. The molecule has 8 nitrogen and oxygen atoms in total. The number of rotatable bonds is 4. The normalized spacial score (nSPS) is 14.8. The molecule has 1 aliphatic heterocycles. The molecule has 9 heteroatoms. The summed E-state index contributed by atoms with van der Waals surface area (Å²) in [5.41, 5.74) is 8.08. The third-order valence-corrected chi connectivity index (χ3v) is 5.91. The van der Waals surface area contributed by atoms with E-state index in [9.17, 15) is 4.79 Å². The molecule has 1 aliphatic rings. The van der Waals surface area contributed by atoms with Crippen molar-refractivity contribution < 1.29 is 9.53 Å². The number of ether oxygens (including phenoxy) is 1. The molecule has 0 bridgehead atoms. The minimum Gasteiger partial charge on any atom is -0.378 e. The summed E-state index contributed by atoms with van der Waals surface area (Å²) in [6.45, 7) is 2.87. The maximum absolute atomic E-state index is 11.4. The van der Waals surface area contributed by atoms with Crippen LogP contribution in [0.15, 0.2) is 30.5 Å². The maximum atomic E-state index is 11.4. The van der Waals surface area contributed by atoms with Gasteiger partial charge in [0.25, 0.3) is 0 Å². The number of aromatic nitrogens is 4. The lowest BCUT2D eigenvalue weighted by atomic mass is 10.1. The van der Waals surface area contributed by atoms with Crippen LogP contribution in [-0.4, -0.2) is 52.4 Å². The third kappa shape index (κ3) is 2.98. The van der Waals surface area contributed by atoms with Crippen LogP contribution in [0.1, 0.15) is 4.88 Å². The van der Waals surface area contributed by atoms with E-state index in [0.29, 0.717) is 19.0 Å². The van der Waals surface area contributed by atoms with Gasteiger partial charge in [-0.25, -0.2) is 9.97 Å². The Bertz CT molecular complexity index is 1180. The molecular weight excluding hydrogens is 376 g/mol. The lowest BCUT2D eigenvalue weighted by molar-refractivity contribution is -0.117. The Morgan fingerprint density at radius 3 is 2.96 bits per heavy atom. The van der Waals surface area contributed by atoms with E-state index < -0.39 is 0 Å². The number of carbonyl (C=O) groups excluding carboxylic acids is 1. The summed E-state index contributed by atoms with van der Waals surface area (Å²) < 4.78 is 6.47. The minimum atomic E-state index is -0.351. The molecule has 0 radical (unpaired) electrons. The zero-order valence-electron chi connectivity index (χ0n) is 15.0. The Kier molecular flexibility index (Phi) is 4.18. The number of H-pyrrole nitrogens is 1. The Morgan fingerprint density at radius 1 is 1.29 bits per heavy atom. The summed E-state index contributed by atoms with van der Waals surface area (Å²) in [5, 5.41) is 8.11. The second-order valence-corrected chi connectivity index (χ2v) is 7.81. The van der Waals surface area contributed by atoms with Gasteiger partial charge >= 0.3 is 0 Å². The standard InChI is InChI=1S/C19H18N6O2S/c20-16(26)9-11-8-15-17(28-11)19(25-4-6-27-7-5-25)23-18(22-15)12-2-1-3-14-13(12)10-21-24-14/h1-3,8,10H,4-7,9H2,(H2,20,26)(H,21,24). The van der Waals surface area contributed by atoms with Gasteiger partial charge in [0, 0.05) is 28.9 Å². The minimum absolute atomic E-state index is 0.205. The number of nitrogens with zero attached hydrogens (tertiary/aromatic N) is 4. The Hall–Kier alpha value is -3.04. The monoisotopic (exact) mass is 394 g/mol. The molecule has 142 valence electrons. The number of morpholine rings is 1. The van der Waals surface area contributed by atoms with Crippen LogP contribution in [0.2, 0.25) is 0 Å². The number of nitrogens with one attached hydrogen (secondary N) is 1. The SMILES string of the molecule is NC(=O)Cc1cc2nc(-c3cccc4[nH]ncc34)nc(N3CCOCC3)c2s1. The van der Waals surface area contributed by atoms with Crippen LogP contribution in [0.25, 0.3) is 32.5 Å². The molecule has 0 aliphatic carbocycles. The van der Waals surface area contributed by atoms with Gasteiger partial charge in [-0.05, 0) is 12.1 Å². The van der Waals surface area contributed by atoms with E-state index in [1.807, 2.05) is 24.3 Å². The largest absolute Gasteiger partial charge is 0.378 e. The molecule has 0 unspecified atom stereocenters. The summed E-state index contributed by atoms with van der Waals surface area (Å²) in [6.07, 6.45) is 2.00. The molecule has 3 aromatic heterocycles. The highest BCUT2D eigenvalue weighted by molar-refractivity contribution is 7.19. The van der Waals surface area contributed by atoms with E-state index in [1.54, 1.807) is 6.20 Å². The first kappa shape index (κ1) is 17.1. The van der Waals surface area contributed by atoms with Crippen molar-refractivity contribution in [1.82, 2.24) is 20.2 Å². The van der Waals surface area contributed by atoms with Crippen molar-refractivity contribution in [3.05, 3.63) is 35.3 Å². The first-order chi connectivity index (χ1) is 13.7. The Balaban J connectivity index is 1.71. The van der Waals surface area contributed by atoms with Gasteiger partial charge in [-0.1, -0.05) is 12.1 Å². The van der Waals surface area contributed by atoms with Crippen molar-refractivity contribution in [1.29, 1.82) is 0 Å². The molecular formula is C19H18N6O2S. The lowest BCUT2D eigenvalue weighted by Crippen LogP contribution is -2.36. The number of primary amides is 1. The number of nitrogens with two attached hydrogens (primary N) is 1. The number of benzene rings is 1. The molecule has 28 heavy (non-hydrogen) atoms. The van der Waals surface area contributed by atoms with E-state index in [1.165, 1.54) is 11.3 Å². The number of hydrogen-bond donors (Lipinski definition) is 2. The van der Waals surface area contributed by atoms with E-state index >= 15 is 0 Å². The molecule has 1 aromatic carbocycles. The van der Waals surface area contributed by atoms with E-state index in [4.69, 9.17) is 20.4 Å². The number of thiophene rings is 1. The van der Waals surface area contributed by atoms with Gasteiger partial charge in [0.05, 0.1) is 41.6 Å². The van der Waals surface area contributed by atoms with Crippen molar-refractivity contribution in [3.63, 3.8) is 0 Å². The van der Waals surface area contributed by atoms with E-state index in [0.717, 1.165) is 50.5 Å². The summed E-state index contributed by atoms with van der Waals surface area (Å²) in [7, 11) is 0. The summed E-state index contributed by atoms with van der Waals surface area (Å²) in [5.74, 6) is 1.17. The number of carbonyl (C=O) groups is 1. The van der Waals surface area contributed by atoms with Gasteiger partial charge in [0.2, 0.25) is 5.91 Å². The highest BCUT2D eigenvalue weighted by atomic mass is 32.1. The maximum Gasteiger partial charge on any atom is 0.222 e. The first-order valence-corrected chi connectivity index (χ1v) is 9.84. The number of aromatic amines is 1. The highest BCUT2D eigenvalue weighted by Crippen LogP contribution is 2.35. The zero-order chi connectivity index (χ0) is 19.1. The van der Waals surface area contributed by atoms with Crippen LogP contribution < -0.4 is 10.6 Å². The molecule has 0 atom stereocenters. The molecule has 1 saturated heterocycles. The fourth-order valence-electron chi connectivity index (χ4n) is 3.50. The molecule has 1 amide bonds. The van der Waals surface area contributed by atoms with Gasteiger partial charge in [-0.2, -0.15) is 5.10 Å². The van der Waals surface area contributed by atoms with Crippen molar-refractivity contribution in [2.75, 3.05) is 31.2 Å². The van der Waals surface area contributed by atoms with Gasteiger partial charge in [0.15, 0.2) is 11.6 Å². The summed E-state index contributed by atoms with van der Waals surface area (Å²) >= 11 is 1.53. The van der Waals surface area contributed by atoms with Gasteiger partial charge < -0.3 is 15.4 Å². The van der Waals surface area contributed by atoms with Crippen molar-refractivity contribution >= 4 is 44.2 Å². The molecule has 5 rings (SSSR count). The average Bonchev–Trinajstić information content (AvgIpc) is 3.33. The third-order valence-electron chi connectivity index (χ3n) is 4.79. The van der Waals surface area contributed by atoms with Crippen LogP contribution >= 0.6 is 11.3 Å². The Morgan fingerprint density at radius 2 is 2.14 bits per heavy atom. The predicted octanol–water partition coefficient (Wildman–Crippen LogP) is 2.10. The quantitative estimate of drug-likeness (QED) is 0.548. The molecule has 3 N–H and O–H groups in total. The molecule has 4 aromatic rings. The number of hydrogen-bond acceptors (Lipinski definition) is 7. The van der Waals surface area contributed by atoms with Gasteiger partial charge in [-0.3, -0.25) is 9.89 Å². The Labute approximate surface area is 164 Å². The van der Waals surface area contributed by atoms with Crippen molar-refractivity contribution in [3.8, 4) is 11.4 Å². The average molecular weight is 394 g/mol.